The van der Waals surface area contributed by atoms with E-state index < -0.39 is 5.54 Å². The average molecular weight is 249 g/mol. The van der Waals surface area contributed by atoms with Gasteiger partial charge in [0, 0.05) is 19.3 Å². The van der Waals surface area contributed by atoms with Gasteiger partial charge >= 0.3 is 0 Å². The van der Waals surface area contributed by atoms with E-state index >= 15 is 0 Å². The van der Waals surface area contributed by atoms with Crippen LogP contribution >= 0.6 is 0 Å². The summed E-state index contributed by atoms with van der Waals surface area (Å²) in [5.41, 5.74) is 5.50. The molecule has 1 unspecified atom stereocenters. The highest BCUT2D eigenvalue weighted by Crippen LogP contribution is 2.12. The minimum Gasteiger partial charge on any atom is -0.394 e. The molecule has 0 rings (SSSR count). The van der Waals surface area contributed by atoms with E-state index in [1.807, 2.05) is 6.92 Å². The fraction of sp³-hybridized carbons (Fsp3) is 1.00. The van der Waals surface area contributed by atoms with E-state index in [9.17, 15) is 0 Å². The molecule has 0 saturated carbocycles. The Balaban J connectivity index is 3.23. The standard InChI is InChI=1S/C12H27NO4/c1-3-12(13,11-14)5-4-6-16-9-10-17-8-7-15-2/h14H,3-11,13H2,1-2H3. The van der Waals surface area contributed by atoms with Gasteiger partial charge in [0.2, 0.25) is 0 Å². The van der Waals surface area contributed by atoms with Crippen LogP contribution in [0.4, 0.5) is 0 Å². The zero-order chi connectivity index (χ0) is 13.0. The highest BCUT2D eigenvalue weighted by Gasteiger charge is 2.20. The lowest BCUT2D eigenvalue weighted by atomic mass is 9.93. The quantitative estimate of drug-likeness (QED) is 0.494. The maximum atomic E-state index is 9.11. The molecule has 104 valence electrons. The summed E-state index contributed by atoms with van der Waals surface area (Å²) in [6, 6.07) is 0. The molecule has 0 aliphatic rings. The van der Waals surface area contributed by atoms with Gasteiger partial charge in [-0.1, -0.05) is 6.92 Å². The summed E-state index contributed by atoms with van der Waals surface area (Å²) in [7, 11) is 1.65. The van der Waals surface area contributed by atoms with Crippen LogP contribution in [0, 0.1) is 0 Å². The van der Waals surface area contributed by atoms with Crippen LogP contribution in [0.3, 0.4) is 0 Å². The van der Waals surface area contributed by atoms with Crippen LogP contribution in [0.5, 0.6) is 0 Å². The number of rotatable bonds is 12. The van der Waals surface area contributed by atoms with Gasteiger partial charge in [-0.25, -0.2) is 0 Å². The smallest absolute Gasteiger partial charge is 0.0701 e. The third-order valence-corrected chi connectivity index (χ3v) is 2.79. The highest BCUT2D eigenvalue weighted by molar-refractivity contribution is 4.81. The molecule has 0 bridgehead atoms. The maximum absolute atomic E-state index is 9.11. The summed E-state index contributed by atoms with van der Waals surface area (Å²) in [5.74, 6) is 0. The third-order valence-electron chi connectivity index (χ3n) is 2.79. The van der Waals surface area contributed by atoms with Crippen LogP contribution in [-0.4, -0.2) is 57.4 Å². The van der Waals surface area contributed by atoms with Crippen LogP contribution < -0.4 is 5.73 Å². The molecule has 0 aromatic heterocycles. The number of methoxy groups -OCH3 is 1. The Bertz CT molecular complexity index is 163. The lowest BCUT2D eigenvalue weighted by Gasteiger charge is -2.25. The Labute approximate surface area is 104 Å². The van der Waals surface area contributed by atoms with E-state index in [2.05, 4.69) is 0 Å². The van der Waals surface area contributed by atoms with Crippen molar-refractivity contribution < 1.29 is 19.3 Å². The number of aliphatic hydroxyl groups is 1. The maximum Gasteiger partial charge on any atom is 0.0701 e. The first-order valence-corrected chi connectivity index (χ1v) is 6.22. The lowest BCUT2D eigenvalue weighted by molar-refractivity contribution is 0.0224. The molecule has 0 aromatic carbocycles. The summed E-state index contributed by atoms with van der Waals surface area (Å²) in [5, 5.41) is 9.11. The van der Waals surface area contributed by atoms with Crippen molar-refractivity contribution in [1.29, 1.82) is 0 Å². The summed E-state index contributed by atoms with van der Waals surface area (Å²) in [6.07, 6.45) is 2.43. The van der Waals surface area contributed by atoms with Crippen molar-refractivity contribution in [3.8, 4) is 0 Å². The monoisotopic (exact) mass is 249 g/mol. The minimum atomic E-state index is -0.446. The van der Waals surface area contributed by atoms with Crippen molar-refractivity contribution in [3.05, 3.63) is 0 Å². The van der Waals surface area contributed by atoms with E-state index in [-0.39, 0.29) is 6.61 Å². The molecule has 5 nitrogen and oxygen atoms in total. The molecule has 1 atom stereocenters. The van der Waals surface area contributed by atoms with E-state index in [0.717, 1.165) is 19.3 Å². The number of aliphatic hydroxyl groups excluding tert-OH is 1. The van der Waals surface area contributed by atoms with Crippen LogP contribution in [0.2, 0.25) is 0 Å². The molecule has 0 aromatic rings. The molecule has 3 N–H and O–H groups in total. The Morgan fingerprint density at radius 1 is 1.06 bits per heavy atom. The Morgan fingerprint density at radius 2 is 1.65 bits per heavy atom. The first-order chi connectivity index (χ1) is 8.18. The van der Waals surface area contributed by atoms with E-state index in [0.29, 0.717) is 33.0 Å². The molecule has 0 fully saturated rings. The van der Waals surface area contributed by atoms with Gasteiger partial charge in [-0.15, -0.1) is 0 Å². The second-order valence-electron chi connectivity index (χ2n) is 4.20. The van der Waals surface area contributed by atoms with Gasteiger partial charge in [-0.3, -0.25) is 0 Å². The van der Waals surface area contributed by atoms with Crippen LogP contribution in [-0.2, 0) is 14.2 Å². The SMILES string of the molecule is CCC(N)(CO)CCCOCCOCCOC. The van der Waals surface area contributed by atoms with Gasteiger partial charge in [0.05, 0.1) is 33.0 Å². The largest absolute Gasteiger partial charge is 0.394 e. The van der Waals surface area contributed by atoms with Crippen LogP contribution in [0.1, 0.15) is 26.2 Å². The molecule has 0 amide bonds. The van der Waals surface area contributed by atoms with Gasteiger partial charge in [0.1, 0.15) is 0 Å². The van der Waals surface area contributed by atoms with Gasteiger partial charge in [0.15, 0.2) is 0 Å². The van der Waals surface area contributed by atoms with Crippen molar-refractivity contribution in [2.45, 2.75) is 31.7 Å². The van der Waals surface area contributed by atoms with E-state index in [4.69, 9.17) is 25.1 Å². The number of hydrogen-bond donors (Lipinski definition) is 2. The van der Waals surface area contributed by atoms with Crippen LogP contribution in [0.15, 0.2) is 0 Å². The van der Waals surface area contributed by atoms with Crippen molar-refractivity contribution in [3.63, 3.8) is 0 Å². The topological polar surface area (TPSA) is 73.9 Å². The molecule has 0 saturated heterocycles. The molecule has 0 aliphatic heterocycles. The predicted molar refractivity (Wildman–Crippen MR) is 67.0 cm³/mol. The number of hydrogen-bond acceptors (Lipinski definition) is 5. The number of nitrogens with two attached hydrogens (primary N) is 1. The fourth-order valence-electron chi connectivity index (χ4n) is 1.36. The van der Waals surface area contributed by atoms with Crippen LogP contribution in [0.25, 0.3) is 0 Å². The molecular weight excluding hydrogens is 222 g/mol. The summed E-state index contributed by atoms with van der Waals surface area (Å²) >= 11 is 0. The highest BCUT2D eigenvalue weighted by atomic mass is 16.5. The van der Waals surface area contributed by atoms with E-state index in [1.165, 1.54) is 0 Å². The van der Waals surface area contributed by atoms with Crippen molar-refractivity contribution in [2.75, 3.05) is 46.8 Å². The van der Waals surface area contributed by atoms with Gasteiger partial charge in [0.25, 0.3) is 0 Å². The molecule has 0 heterocycles. The molecule has 17 heavy (non-hydrogen) atoms. The van der Waals surface area contributed by atoms with Crippen molar-refractivity contribution in [1.82, 2.24) is 0 Å². The van der Waals surface area contributed by atoms with Crippen molar-refractivity contribution >= 4 is 0 Å². The second kappa shape index (κ2) is 10.9. The lowest BCUT2D eigenvalue weighted by Crippen LogP contribution is -2.43. The van der Waals surface area contributed by atoms with Gasteiger partial charge in [-0.2, -0.15) is 0 Å². The molecule has 5 heteroatoms. The summed E-state index contributed by atoms with van der Waals surface area (Å²) in [4.78, 5) is 0. The molecule has 0 radical (unpaired) electrons. The van der Waals surface area contributed by atoms with Crippen molar-refractivity contribution in [2.24, 2.45) is 5.73 Å². The first-order valence-electron chi connectivity index (χ1n) is 6.22. The Hall–Kier alpha value is -0.200. The zero-order valence-corrected chi connectivity index (χ0v) is 11.1. The third kappa shape index (κ3) is 9.50. The summed E-state index contributed by atoms with van der Waals surface area (Å²) in [6.45, 7) is 5.07. The molecule has 0 aliphatic carbocycles. The minimum absolute atomic E-state index is 0.0314. The summed E-state index contributed by atoms with van der Waals surface area (Å²) < 4.78 is 15.5. The molecular formula is C12H27NO4. The van der Waals surface area contributed by atoms with Gasteiger partial charge < -0.3 is 25.1 Å². The second-order valence-corrected chi connectivity index (χ2v) is 4.20. The molecule has 0 spiro atoms. The average Bonchev–Trinajstić information content (AvgIpc) is 2.36. The van der Waals surface area contributed by atoms with Gasteiger partial charge in [-0.05, 0) is 19.3 Å². The fourth-order valence-corrected chi connectivity index (χ4v) is 1.36. The number of ether oxygens (including phenoxy) is 3. The Kier molecular flexibility index (Phi) is 10.8. The normalized spacial score (nSPS) is 14.8. The zero-order valence-electron chi connectivity index (χ0n) is 11.1. The predicted octanol–water partition coefficient (Wildman–Crippen LogP) is 0.546. The first kappa shape index (κ1) is 16.8. The van der Waals surface area contributed by atoms with E-state index in [1.54, 1.807) is 7.11 Å². The Morgan fingerprint density at radius 3 is 2.18 bits per heavy atom.